The number of aryl methyl sites for hydroxylation is 2. The first kappa shape index (κ1) is 18.5. The molecule has 0 radical (unpaired) electrons. The van der Waals surface area contributed by atoms with Crippen LogP contribution in [0.3, 0.4) is 0 Å². The zero-order chi connectivity index (χ0) is 20.1. The summed E-state index contributed by atoms with van der Waals surface area (Å²) in [6.07, 6.45) is 0.438. The van der Waals surface area contributed by atoms with Gasteiger partial charge in [0.2, 0.25) is 6.23 Å². The van der Waals surface area contributed by atoms with Gasteiger partial charge >= 0.3 is 0 Å². The zero-order valence-electron chi connectivity index (χ0n) is 16.2. The average molecular weight is 423 g/mol. The van der Waals surface area contributed by atoms with Gasteiger partial charge in [0.15, 0.2) is 0 Å². The van der Waals surface area contributed by atoms with Crippen LogP contribution in [0.1, 0.15) is 46.5 Å². The summed E-state index contributed by atoms with van der Waals surface area (Å²) in [5.74, 6) is 0.697. The number of hydrogen-bond acceptors (Lipinski definition) is 3. The molecule has 0 spiro atoms. The third-order valence-corrected chi connectivity index (χ3v) is 6.05. The molecule has 2 heterocycles. The molecule has 146 valence electrons. The van der Waals surface area contributed by atoms with Gasteiger partial charge in [-0.2, -0.15) is 5.10 Å². The minimum absolute atomic E-state index is 0.0255. The lowest BCUT2D eigenvalue weighted by Gasteiger charge is -2.38. The van der Waals surface area contributed by atoms with Crippen LogP contribution in [-0.2, 0) is 0 Å². The molecule has 2 aliphatic rings. The molecule has 0 saturated heterocycles. The molecule has 3 aromatic rings. The van der Waals surface area contributed by atoms with Gasteiger partial charge in [0.05, 0.1) is 16.8 Å². The summed E-state index contributed by atoms with van der Waals surface area (Å²) < 4.78 is 6.39. The van der Waals surface area contributed by atoms with Crippen molar-refractivity contribution in [2.45, 2.75) is 32.5 Å². The van der Waals surface area contributed by atoms with Gasteiger partial charge in [-0.3, -0.25) is 0 Å². The Morgan fingerprint density at radius 2 is 1.59 bits per heavy atom. The zero-order valence-corrected chi connectivity index (χ0v) is 17.7. The van der Waals surface area contributed by atoms with Crippen LogP contribution in [0.25, 0.3) is 0 Å². The van der Waals surface area contributed by atoms with Crippen molar-refractivity contribution in [3.8, 4) is 5.75 Å². The molecule has 2 atom stereocenters. The summed E-state index contributed by atoms with van der Waals surface area (Å²) in [5, 5.41) is 8.18. The quantitative estimate of drug-likeness (QED) is 0.450. The number of fused-ring (bicyclic) bond motifs is 3. The maximum Gasteiger partial charge on any atom is 0.213 e. The van der Waals surface area contributed by atoms with E-state index in [4.69, 9.17) is 33.0 Å². The molecule has 3 nitrogen and oxygen atoms in total. The third kappa shape index (κ3) is 3.29. The standard InChI is InChI=1S/C24H20Cl2N2O/c1-14-3-7-16(8-4-14)21-13-22-19-11-18(25)12-20(26)23(19)29-24(28(22)27-21)17-9-5-15(2)6-10-17/h3-12,22,24H,13H2,1-2H3/t22-,24+/m0/s1. The third-order valence-electron chi connectivity index (χ3n) is 5.56. The molecule has 5 heteroatoms. The second kappa shape index (κ2) is 7.08. The Kier molecular flexibility index (Phi) is 4.53. The highest BCUT2D eigenvalue weighted by atomic mass is 35.5. The average Bonchev–Trinajstić information content (AvgIpc) is 3.14. The van der Waals surface area contributed by atoms with Crippen molar-refractivity contribution in [1.82, 2.24) is 5.01 Å². The summed E-state index contributed by atoms with van der Waals surface area (Å²) in [7, 11) is 0. The van der Waals surface area contributed by atoms with Crippen LogP contribution in [0.4, 0.5) is 0 Å². The van der Waals surface area contributed by atoms with Crippen LogP contribution in [0.2, 0.25) is 10.0 Å². The summed E-state index contributed by atoms with van der Waals surface area (Å²) >= 11 is 12.8. The van der Waals surface area contributed by atoms with Crippen molar-refractivity contribution in [2.75, 3.05) is 0 Å². The lowest BCUT2D eigenvalue weighted by atomic mass is 9.95. The van der Waals surface area contributed by atoms with E-state index in [9.17, 15) is 0 Å². The molecule has 0 saturated carbocycles. The van der Waals surface area contributed by atoms with Gasteiger partial charge in [0.25, 0.3) is 0 Å². The second-order valence-electron chi connectivity index (χ2n) is 7.70. The van der Waals surface area contributed by atoms with E-state index in [-0.39, 0.29) is 12.3 Å². The van der Waals surface area contributed by atoms with Crippen molar-refractivity contribution in [1.29, 1.82) is 0 Å². The maximum atomic E-state index is 6.52. The highest BCUT2D eigenvalue weighted by Gasteiger charge is 2.42. The highest BCUT2D eigenvalue weighted by molar-refractivity contribution is 6.35. The molecule has 3 aromatic carbocycles. The summed E-state index contributed by atoms with van der Waals surface area (Å²) in [6.45, 7) is 4.16. The van der Waals surface area contributed by atoms with E-state index in [1.165, 1.54) is 11.1 Å². The minimum atomic E-state index is -0.338. The van der Waals surface area contributed by atoms with E-state index in [1.807, 2.05) is 6.07 Å². The Balaban J connectivity index is 1.62. The van der Waals surface area contributed by atoms with Gasteiger partial charge in [-0.15, -0.1) is 0 Å². The molecule has 0 aliphatic carbocycles. The number of nitrogens with zero attached hydrogens (tertiary/aromatic N) is 2. The van der Waals surface area contributed by atoms with Crippen molar-refractivity contribution < 1.29 is 4.74 Å². The molecule has 0 N–H and O–H groups in total. The molecule has 0 bridgehead atoms. The summed E-state index contributed by atoms with van der Waals surface area (Å²) in [5.41, 5.74) is 6.64. The van der Waals surface area contributed by atoms with Gasteiger partial charge in [0.1, 0.15) is 5.75 Å². The fourth-order valence-corrected chi connectivity index (χ4v) is 4.54. The second-order valence-corrected chi connectivity index (χ2v) is 8.54. The fourth-order valence-electron chi connectivity index (χ4n) is 3.99. The number of hydrazone groups is 1. The van der Waals surface area contributed by atoms with Crippen LogP contribution in [0.5, 0.6) is 5.75 Å². The Bertz CT molecular complexity index is 1110. The van der Waals surface area contributed by atoms with E-state index >= 15 is 0 Å². The molecular weight excluding hydrogens is 403 g/mol. The lowest BCUT2D eigenvalue weighted by Crippen LogP contribution is -2.33. The van der Waals surface area contributed by atoms with Gasteiger partial charge in [-0.1, -0.05) is 82.9 Å². The van der Waals surface area contributed by atoms with Crippen LogP contribution in [-0.4, -0.2) is 10.7 Å². The monoisotopic (exact) mass is 422 g/mol. The van der Waals surface area contributed by atoms with Crippen molar-refractivity contribution >= 4 is 28.9 Å². The number of hydrogen-bond donors (Lipinski definition) is 0. The van der Waals surface area contributed by atoms with Gasteiger partial charge in [0, 0.05) is 22.6 Å². The Hall–Kier alpha value is -2.49. The largest absolute Gasteiger partial charge is 0.463 e. The fraction of sp³-hybridized carbons (Fsp3) is 0.208. The Labute approximate surface area is 180 Å². The van der Waals surface area contributed by atoms with Crippen LogP contribution in [0.15, 0.2) is 65.8 Å². The van der Waals surface area contributed by atoms with Gasteiger partial charge in [-0.25, -0.2) is 5.01 Å². The molecule has 0 amide bonds. The van der Waals surface area contributed by atoms with Crippen molar-refractivity contribution in [3.05, 3.63) is 98.5 Å². The van der Waals surface area contributed by atoms with Crippen LogP contribution < -0.4 is 4.74 Å². The summed E-state index contributed by atoms with van der Waals surface area (Å²) in [4.78, 5) is 0. The van der Waals surface area contributed by atoms with Crippen LogP contribution in [0, 0.1) is 13.8 Å². The van der Waals surface area contributed by atoms with E-state index < -0.39 is 0 Å². The van der Waals surface area contributed by atoms with E-state index in [1.54, 1.807) is 6.07 Å². The first-order valence-corrected chi connectivity index (χ1v) is 10.4. The summed E-state index contributed by atoms with van der Waals surface area (Å²) in [6, 6.07) is 20.5. The normalized spacial score (nSPS) is 20.0. The molecule has 0 aromatic heterocycles. The number of ether oxygens (including phenoxy) is 1. The molecule has 29 heavy (non-hydrogen) atoms. The smallest absolute Gasteiger partial charge is 0.213 e. The first-order valence-electron chi connectivity index (χ1n) is 9.64. The Morgan fingerprint density at radius 3 is 2.28 bits per heavy atom. The molecule has 0 fully saturated rings. The number of rotatable bonds is 2. The molecule has 0 unspecified atom stereocenters. The highest BCUT2D eigenvalue weighted by Crippen LogP contribution is 2.50. The van der Waals surface area contributed by atoms with Gasteiger partial charge < -0.3 is 4.74 Å². The van der Waals surface area contributed by atoms with Crippen LogP contribution >= 0.6 is 23.2 Å². The molecule has 2 aliphatic heterocycles. The lowest BCUT2D eigenvalue weighted by molar-refractivity contribution is -0.0189. The topological polar surface area (TPSA) is 24.8 Å². The van der Waals surface area contributed by atoms with E-state index in [0.717, 1.165) is 28.8 Å². The predicted molar refractivity (Wildman–Crippen MR) is 118 cm³/mol. The Morgan fingerprint density at radius 1 is 0.931 bits per heavy atom. The number of halogens is 2. The van der Waals surface area contributed by atoms with E-state index in [2.05, 4.69) is 67.4 Å². The maximum absolute atomic E-state index is 6.52. The first-order chi connectivity index (χ1) is 14.0. The molecule has 5 rings (SSSR count). The minimum Gasteiger partial charge on any atom is -0.463 e. The SMILES string of the molecule is Cc1ccc(C2=NN3[C@@H](c4ccc(C)cc4)Oc4c(Cl)cc(Cl)cc4[C@@H]3C2)cc1. The van der Waals surface area contributed by atoms with Gasteiger partial charge in [-0.05, 0) is 31.5 Å². The van der Waals surface area contributed by atoms with Crippen molar-refractivity contribution in [3.63, 3.8) is 0 Å². The van der Waals surface area contributed by atoms with E-state index in [0.29, 0.717) is 15.8 Å². The van der Waals surface area contributed by atoms with Crippen molar-refractivity contribution in [2.24, 2.45) is 5.10 Å². The number of benzene rings is 3. The molecular formula is C24H20Cl2N2O. The predicted octanol–water partition coefficient (Wildman–Crippen LogP) is 6.85.